The summed E-state index contributed by atoms with van der Waals surface area (Å²) in [6.07, 6.45) is 1.12. The molecule has 3 N–H and O–H groups in total. The second kappa shape index (κ2) is 6.64. The van der Waals surface area contributed by atoms with Gasteiger partial charge >= 0.3 is 0 Å². The van der Waals surface area contributed by atoms with Gasteiger partial charge in [0.05, 0.1) is 16.3 Å². The van der Waals surface area contributed by atoms with Crippen LogP contribution in [0.1, 0.15) is 12.0 Å². The van der Waals surface area contributed by atoms with E-state index < -0.39 is 27.6 Å². The molecule has 0 aromatic heterocycles. The molecule has 0 spiro atoms. The quantitative estimate of drug-likeness (QED) is 0.827. The average Bonchev–Trinajstić information content (AvgIpc) is 2.31. The number of aryl methyl sites for hydroxylation is 1. The lowest BCUT2D eigenvalue weighted by Gasteiger charge is -2.14. The summed E-state index contributed by atoms with van der Waals surface area (Å²) >= 11 is 3.03. The monoisotopic (exact) mass is 366 g/mol. The van der Waals surface area contributed by atoms with E-state index in [0.29, 0.717) is 11.3 Å². The number of nitrogens with two attached hydrogens (primary N) is 1. The fourth-order valence-corrected chi connectivity index (χ4v) is 2.50. The van der Waals surface area contributed by atoms with Crippen LogP contribution in [-0.4, -0.2) is 32.4 Å². The molecule has 0 bridgehead atoms. The van der Waals surface area contributed by atoms with Crippen molar-refractivity contribution in [3.8, 4) is 0 Å². The number of carbonyl (C=O) groups is 1. The molecule has 0 aliphatic rings. The molecule has 0 aliphatic heterocycles. The Bertz CT molecular complexity index is 619. The van der Waals surface area contributed by atoms with Gasteiger partial charge in [0.15, 0.2) is 0 Å². The van der Waals surface area contributed by atoms with Crippen molar-refractivity contribution in [1.29, 1.82) is 0 Å². The van der Waals surface area contributed by atoms with Crippen LogP contribution in [-0.2, 0) is 14.6 Å². The third-order valence-electron chi connectivity index (χ3n) is 2.66. The van der Waals surface area contributed by atoms with Gasteiger partial charge in [-0.3, -0.25) is 4.79 Å². The van der Waals surface area contributed by atoms with E-state index in [4.69, 9.17) is 5.73 Å². The maximum atomic E-state index is 13.3. The Balaban J connectivity index is 2.73. The molecule has 1 aromatic rings. The van der Waals surface area contributed by atoms with Crippen LogP contribution in [0.3, 0.4) is 0 Å². The highest BCUT2D eigenvalue weighted by Crippen LogP contribution is 2.24. The topological polar surface area (TPSA) is 89.3 Å². The highest BCUT2D eigenvalue weighted by atomic mass is 79.9. The van der Waals surface area contributed by atoms with E-state index in [-0.39, 0.29) is 16.6 Å². The molecule has 1 aromatic carbocycles. The largest absolute Gasteiger partial charge is 0.324 e. The summed E-state index contributed by atoms with van der Waals surface area (Å²) in [4.78, 5) is 11.8. The number of sulfone groups is 1. The summed E-state index contributed by atoms with van der Waals surface area (Å²) in [6.45, 7) is 1.65. The van der Waals surface area contributed by atoms with Gasteiger partial charge < -0.3 is 11.1 Å². The Morgan fingerprint density at radius 2 is 2.10 bits per heavy atom. The van der Waals surface area contributed by atoms with Gasteiger partial charge in [-0.15, -0.1) is 0 Å². The molecule has 0 heterocycles. The number of anilines is 1. The van der Waals surface area contributed by atoms with Crippen LogP contribution in [0.25, 0.3) is 0 Å². The third kappa shape index (κ3) is 5.18. The van der Waals surface area contributed by atoms with Crippen LogP contribution in [0.15, 0.2) is 16.6 Å². The molecule has 1 atom stereocenters. The van der Waals surface area contributed by atoms with E-state index in [1.807, 2.05) is 0 Å². The zero-order valence-electron chi connectivity index (χ0n) is 11.1. The number of nitrogens with one attached hydrogen (secondary N) is 1. The third-order valence-corrected chi connectivity index (χ3v) is 4.25. The Kier molecular flexibility index (Phi) is 5.67. The van der Waals surface area contributed by atoms with Crippen LogP contribution >= 0.6 is 15.9 Å². The van der Waals surface area contributed by atoms with Gasteiger partial charge in [-0.2, -0.15) is 0 Å². The highest BCUT2D eigenvalue weighted by Gasteiger charge is 2.17. The van der Waals surface area contributed by atoms with E-state index in [2.05, 4.69) is 21.2 Å². The number of hydrogen-bond donors (Lipinski definition) is 2. The first kappa shape index (κ1) is 17.1. The summed E-state index contributed by atoms with van der Waals surface area (Å²) in [5.41, 5.74) is 6.61. The number of halogens is 2. The number of benzene rings is 1. The molecule has 0 fully saturated rings. The Labute approximate surface area is 125 Å². The SMILES string of the molecule is Cc1cc(F)c(Br)cc1NC(=O)C(N)CCS(C)(=O)=O. The summed E-state index contributed by atoms with van der Waals surface area (Å²) in [5, 5.41) is 2.56. The van der Waals surface area contributed by atoms with Crippen molar-refractivity contribution in [1.82, 2.24) is 0 Å². The Hall–Kier alpha value is -0.990. The summed E-state index contributed by atoms with van der Waals surface area (Å²) in [7, 11) is -3.16. The molecule has 8 heteroatoms. The van der Waals surface area contributed by atoms with E-state index >= 15 is 0 Å². The maximum absolute atomic E-state index is 13.3. The predicted octanol–water partition coefficient (Wildman–Crippen LogP) is 1.60. The molecule has 1 rings (SSSR count). The standard InChI is InChI=1S/C12H16BrFN2O3S/c1-7-5-9(14)8(13)6-11(7)16-12(17)10(15)3-4-20(2,18)19/h5-6,10H,3-4,15H2,1-2H3,(H,16,17). The zero-order valence-corrected chi connectivity index (χ0v) is 13.5. The first-order chi connectivity index (χ1) is 9.10. The molecule has 0 aliphatic carbocycles. The molecular weight excluding hydrogens is 351 g/mol. The van der Waals surface area contributed by atoms with Gasteiger partial charge in [0.25, 0.3) is 0 Å². The number of carbonyl (C=O) groups excluding carboxylic acids is 1. The molecule has 1 amide bonds. The van der Waals surface area contributed by atoms with Gasteiger partial charge in [-0.05, 0) is 47.0 Å². The lowest BCUT2D eigenvalue weighted by atomic mass is 10.1. The van der Waals surface area contributed by atoms with Gasteiger partial charge in [-0.25, -0.2) is 12.8 Å². The maximum Gasteiger partial charge on any atom is 0.241 e. The van der Waals surface area contributed by atoms with Crippen molar-refractivity contribution in [3.63, 3.8) is 0 Å². The van der Waals surface area contributed by atoms with Crippen molar-refractivity contribution in [2.75, 3.05) is 17.3 Å². The molecule has 0 saturated heterocycles. The summed E-state index contributed by atoms with van der Waals surface area (Å²) in [6, 6.07) is 1.78. The van der Waals surface area contributed by atoms with Crippen molar-refractivity contribution in [2.24, 2.45) is 5.73 Å². The van der Waals surface area contributed by atoms with Crippen molar-refractivity contribution < 1.29 is 17.6 Å². The van der Waals surface area contributed by atoms with Crippen molar-refractivity contribution in [2.45, 2.75) is 19.4 Å². The minimum Gasteiger partial charge on any atom is -0.324 e. The molecule has 20 heavy (non-hydrogen) atoms. The molecule has 1 unspecified atom stereocenters. The second-order valence-corrected chi connectivity index (χ2v) is 7.71. The van der Waals surface area contributed by atoms with Crippen LogP contribution < -0.4 is 11.1 Å². The predicted molar refractivity (Wildman–Crippen MR) is 79.8 cm³/mol. The lowest BCUT2D eigenvalue weighted by Crippen LogP contribution is -2.37. The van der Waals surface area contributed by atoms with E-state index in [1.165, 1.54) is 12.1 Å². The first-order valence-corrected chi connectivity index (χ1v) is 8.65. The minimum atomic E-state index is -3.16. The zero-order chi connectivity index (χ0) is 15.5. The summed E-state index contributed by atoms with van der Waals surface area (Å²) < 4.78 is 35.5. The van der Waals surface area contributed by atoms with Crippen molar-refractivity contribution in [3.05, 3.63) is 28.0 Å². The number of rotatable bonds is 5. The van der Waals surface area contributed by atoms with Crippen LogP contribution in [0, 0.1) is 12.7 Å². The minimum absolute atomic E-state index is 0.0338. The Morgan fingerprint density at radius 1 is 1.50 bits per heavy atom. The summed E-state index contributed by atoms with van der Waals surface area (Å²) in [5.74, 6) is -1.09. The van der Waals surface area contributed by atoms with Gasteiger partial charge in [0.2, 0.25) is 5.91 Å². The molecule has 0 radical (unpaired) electrons. The lowest BCUT2D eigenvalue weighted by molar-refractivity contribution is -0.117. The van der Waals surface area contributed by atoms with Gasteiger partial charge in [0.1, 0.15) is 15.7 Å². The fourth-order valence-electron chi connectivity index (χ4n) is 1.48. The molecular formula is C12H16BrFN2O3S. The first-order valence-electron chi connectivity index (χ1n) is 5.80. The molecule has 5 nitrogen and oxygen atoms in total. The second-order valence-electron chi connectivity index (χ2n) is 4.60. The Morgan fingerprint density at radius 3 is 2.65 bits per heavy atom. The fraction of sp³-hybridized carbons (Fsp3) is 0.417. The van der Waals surface area contributed by atoms with E-state index in [0.717, 1.165) is 6.26 Å². The number of amides is 1. The highest BCUT2D eigenvalue weighted by molar-refractivity contribution is 9.10. The van der Waals surface area contributed by atoms with E-state index in [1.54, 1.807) is 6.92 Å². The molecule has 112 valence electrons. The number of hydrogen-bond acceptors (Lipinski definition) is 4. The normalized spacial score (nSPS) is 13.1. The van der Waals surface area contributed by atoms with Crippen LogP contribution in [0.4, 0.5) is 10.1 Å². The van der Waals surface area contributed by atoms with Crippen LogP contribution in [0.5, 0.6) is 0 Å². The van der Waals surface area contributed by atoms with Gasteiger partial charge in [0, 0.05) is 11.9 Å². The van der Waals surface area contributed by atoms with E-state index in [9.17, 15) is 17.6 Å². The average molecular weight is 367 g/mol. The van der Waals surface area contributed by atoms with Gasteiger partial charge in [-0.1, -0.05) is 0 Å². The molecule has 0 saturated carbocycles. The van der Waals surface area contributed by atoms with Crippen molar-refractivity contribution >= 4 is 37.4 Å². The smallest absolute Gasteiger partial charge is 0.241 e. The van der Waals surface area contributed by atoms with Crippen LogP contribution in [0.2, 0.25) is 0 Å².